The standard InChI is InChI=1S/C25H21FN2O3/c1-16-7-5-12-20-21(16)14-22(29)24(27-23(20)18-10-6-11-19(26)13-18)28-25(30)31-15-17-8-3-2-4-9-17/h2-13,24H,14-15H2,1H3,(H,28,30)/t24-/m1/s1. The van der Waals surface area contributed by atoms with Crippen LogP contribution >= 0.6 is 0 Å². The molecule has 4 rings (SSSR count). The molecule has 0 bridgehead atoms. The van der Waals surface area contributed by atoms with Crippen LogP contribution in [0, 0.1) is 12.7 Å². The number of carbonyl (C=O) groups is 2. The van der Waals surface area contributed by atoms with Crippen LogP contribution in [0.15, 0.2) is 77.8 Å². The Morgan fingerprint density at radius 2 is 1.87 bits per heavy atom. The first-order chi connectivity index (χ1) is 15.0. The Labute approximate surface area is 179 Å². The summed E-state index contributed by atoms with van der Waals surface area (Å²) in [5.41, 5.74) is 4.32. The smallest absolute Gasteiger partial charge is 0.409 e. The van der Waals surface area contributed by atoms with Crippen molar-refractivity contribution in [3.8, 4) is 0 Å². The molecule has 0 unspecified atom stereocenters. The Kier molecular flexibility index (Phi) is 5.89. The van der Waals surface area contributed by atoms with E-state index in [2.05, 4.69) is 10.3 Å². The lowest BCUT2D eigenvalue weighted by molar-refractivity contribution is -0.120. The number of alkyl carbamates (subject to hydrolysis) is 1. The van der Waals surface area contributed by atoms with Crippen molar-refractivity contribution >= 4 is 17.6 Å². The summed E-state index contributed by atoms with van der Waals surface area (Å²) in [6.45, 7) is 1.99. The number of hydrogen-bond acceptors (Lipinski definition) is 4. The van der Waals surface area contributed by atoms with Crippen LogP contribution in [0.1, 0.15) is 27.8 Å². The molecule has 0 aliphatic carbocycles. The Morgan fingerprint density at radius 1 is 1.10 bits per heavy atom. The van der Waals surface area contributed by atoms with Crippen LogP contribution < -0.4 is 5.32 Å². The molecule has 1 amide bonds. The van der Waals surface area contributed by atoms with E-state index < -0.39 is 18.1 Å². The van der Waals surface area contributed by atoms with Gasteiger partial charge in [0.2, 0.25) is 0 Å². The van der Waals surface area contributed by atoms with E-state index in [0.29, 0.717) is 11.3 Å². The molecule has 0 saturated carbocycles. The predicted octanol–water partition coefficient (Wildman–Crippen LogP) is 4.35. The van der Waals surface area contributed by atoms with Gasteiger partial charge in [0.15, 0.2) is 11.9 Å². The zero-order valence-corrected chi connectivity index (χ0v) is 17.0. The third-order valence-corrected chi connectivity index (χ3v) is 5.14. The SMILES string of the molecule is Cc1cccc2c1CC(=O)[C@@H](NC(=O)OCc1ccccc1)N=C2c1cccc(F)c1. The number of fused-ring (bicyclic) bond motifs is 1. The highest BCUT2D eigenvalue weighted by Crippen LogP contribution is 2.24. The number of nitrogens with zero attached hydrogens (tertiary/aromatic N) is 1. The first kappa shape index (κ1) is 20.5. The van der Waals surface area contributed by atoms with Crippen molar-refractivity contribution in [2.24, 2.45) is 4.99 Å². The van der Waals surface area contributed by atoms with Gasteiger partial charge in [0.25, 0.3) is 0 Å². The van der Waals surface area contributed by atoms with Gasteiger partial charge in [0.05, 0.1) is 5.71 Å². The fourth-order valence-corrected chi connectivity index (χ4v) is 3.56. The van der Waals surface area contributed by atoms with Crippen molar-refractivity contribution in [3.63, 3.8) is 0 Å². The minimum Gasteiger partial charge on any atom is -0.445 e. The van der Waals surface area contributed by atoms with E-state index in [1.54, 1.807) is 12.1 Å². The van der Waals surface area contributed by atoms with E-state index in [4.69, 9.17) is 4.74 Å². The number of ketones is 1. The molecule has 1 atom stereocenters. The molecule has 1 N–H and O–H groups in total. The van der Waals surface area contributed by atoms with Gasteiger partial charge < -0.3 is 4.74 Å². The van der Waals surface area contributed by atoms with Gasteiger partial charge in [0.1, 0.15) is 12.4 Å². The first-order valence-electron chi connectivity index (χ1n) is 9.94. The molecule has 0 radical (unpaired) electrons. The number of amides is 1. The van der Waals surface area contributed by atoms with Gasteiger partial charge in [-0.1, -0.05) is 60.7 Å². The van der Waals surface area contributed by atoms with Gasteiger partial charge in [-0.2, -0.15) is 0 Å². The highest BCUT2D eigenvalue weighted by Gasteiger charge is 2.28. The molecular formula is C25H21FN2O3. The maximum Gasteiger partial charge on any atom is 0.409 e. The topological polar surface area (TPSA) is 67.8 Å². The van der Waals surface area contributed by atoms with Crippen molar-refractivity contribution in [2.75, 3.05) is 0 Å². The highest BCUT2D eigenvalue weighted by atomic mass is 19.1. The monoisotopic (exact) mass is 416 g/mol. The number of ether oxygens (including phenoxy) is 1. The lowest BCUT2D eigenvalue weighted by Gasteiger charge is -2.14. The summed E-state index contributed by atoms with van der Waals surface area (Å²) in [6, 6.07) is 20.9. The largest absolute Gasteiger partial charge is 0.445 e. The number of nitrogens with one attached hydrogen (secondary N) is 1. The lowest BCUT2D eigenvalue weighted by atomic mass is 9.92. The van der Waals surface area contributed by atoms with Gasteiger partial charge in [0, 0.05) is 17.5 Å². The second-order valence-corrected chi connectivity index (χ2v) is 7.34. The van der Waals surface area contributed by atoms with Gasteiger partial charge in [-0.25, -0.2) is 9.18 Å². The number of aliphatic imine (C=N–C) groups is 1. The highest BCUT2D eigenvalue weighted by molar-refractivity contribution is 6.16. The molecule has 3 aromatic rings. The van der Waals surface area contributed by atoms with Crippen LogP contribution in [0.25, 0.3) is 0 Å². The van der Waals surface area contributed by atoms with E-state index >= 15 is 0 Å². The summed E-state index contributed by atoms with van der Waals surface area (Å²) in [7, 11) is 0. The van der Waals surface area contributed by atoms with Crippen LogP contribution in [0.4, 0.5) is 9.18 Å². The lowest BCUT2D eigenvalue weighted by Crippen LogP contribution is -2.40. The molecule has 0 fully saturated rings. The summed E-state index contributed by atoms with van der Waals surface area (Å²) in [4.78, 5) is 29.8. The van der Waals surface area contributed by atoms with Gasteiger partial charge in [-0.05, 0) is 35.7 Å². The van der Waals surface area contributed by atoms with Crippen LogP contribution in [0.5, 0.6) is 0 Å². The van der Waals surface area contributed by atoms with Crippen molar-refractivity contribution < 1.29 is 18.7 Å². The molecule has 1 aliphatic heterocycles. The fourth-order valence-electron chi connectivity index (χ4n) is 3.56. The van der Waals surface area contributed by atoms with Crippen LogP contribution in [0.2, 0.25) is 0 Å². The van der Waals surface area contributed by atoms with Crippen molar-refractivity contribution in [1.29, 1.82) is 0 Å². The molecule has 156 valence electrons. The quantitative estimate of drug-likeness (QED) is 0.688. The van der Waals surface area contributed by atoms with Crippen molar-refractivity contribution in [2.45, 2.75) is 26.1 Å². The van der Waals surface area contributed by atoms with Crippen LogP contribution in [0.3, 0.4) is 0 Å². The summed E-state index contributed by atoms with van der Waals surface area (Å²) >= 11 is 0. The second kappa shape index (κ2) is 8.92. The number of carbonyl (C=O) groups excluding carboxylic acids is 2. The maximum atomic E-state index is 13.9. The van der Waals surface area contributed by atoms with Crippen molar-refractivity contribution in [1.82, 2.24) is 5.32 Å². The fraction of sp³-hybridized carbons (Fsp3) is 0.160. The summed E-state index contributed by atoms with van der Waals surface area (Å²) in [5, 5.41) is 2.56. The molecule has 1 heterocycles. The average Bonchev–Trinajstić information content (AvgIpc) is 2.91. The predicted molar refractivity (Wildman–Crippen MR) is 115 cm³/mol. The van der Waals surface area contributed by atoms with E-state index in [1.807, 2.05) is 55.5 Å². The third-order valence-electron chi connectivity index (χ3n) is 5.14. The number of halogens is 1. The average molecular weight is 416 g/mol. The molecule has 0 aromatic heterocycles. The molecule has 5 nitrogen and oxygen atoms in total. The molecule has 3 aromatic carbocycles. The summed E-state index contributed by atoms with van der Waals surface area (Å²) < 4.78 is 19.2. The Hall–Kier alpha value is -3.80. The zero-order chi connectivity index (χ0) is 21.8. The summed E-state index contributed by atoms with van der Waals surface area (Å²) in [5.74, 6) is -0.671. The van der Waals surface area contributed by atoms with Gasteiger partial charge >= 0.3 is 6.09 Å². The second-order valence-electron chi connectivity index (χ2n) is 7.34. The number of aryl methyl sites for hydroxylation is 1. The minimum absolute atomic E-state index is 0.0768. The van der Waals surface area contributed by atoms with Crippen LogP contribution in [-0.4, -0.2) is 23.8 Å². The Balaban J connectivity index is 1.64. The van der Waals surface area contributed by atoms with Gasteiger partial charge in [-0.3, -0.25) is 15.1 Å². The number of Topliss-reactive ketones (excluding diaryl/α,β-unsaturated/α-hetero) is 1. The van der Waals surface area contributed by atoms with E-state index in [9.17, 15) is 14.0 Å². The molecule has 6 heteroatoms. The number of rotatable bonds is 4. The molecule has 31 heavy (non-hydrogen) atoms. The normalized spacial score (nSPS) is 15.5. The molecular weight excluding hydrogens is 395 g/mol. The Bertz CT molecular complexity index is 1160. The molecule has 0 spiro atoms. The number of hydrogen-bond donors (Lipinski definition) is 1. The van der Waals surface area contributed by atoms with E-state index in [1.165, 1.54) is 12.1 Å². The zero-order valence-electron chi connectivity index (χ0n) is 17.0. The summed E-state index contributed by atoms with van der Waals surface area (Å²) in [6.07, 6.45) is -1.77. The number of benzene rings is 3. The maximum absolute atomic E-state index is 13.9. The van der Waals surface area contributed by atoms with E-state index in [0.717, 1.165) is 22.3 Å². The van der Waals surface area contributed by atoms with E-state index in [-0.39, 0.29) is 18.8 Å². The van der Waals surface area contributed by atoms with Gasteiger partial charge in [-0.15, -0.1) is 0 Å². The minimum atomic E-state index is -1.13. The molecule has 0 saturated heterocycles. The molecule has 1 aliphatic rings. The van der Waals surface area contributed by atoms with Crippen molar-refractivity contribution in [3.05, 3.63) is 106 Å². The van der Waals surface area contributed by atoms with Crippen LogP contribution in [-0.2, 0) is 22.6 Å². The Morgan fingerprint density at radius 3 is 2.65 bits per heavy atom. The third kappa shape index (κ3) is 4.69. The first-order valence-corrected chi connectivity index (χ1v) is 9.94.